The van der Waals surface area contributed by atoms with E-state index in [0.717, 1.165) is 28.9 Å². The lowest BCUT2D eigenvalue weighted by Gasteiger charge is -2.41. The maximum absolute atomic E-state index is 5.01. The van der Waals surface area contributed by atoms with Crippen LogP contribution in [0.4, 0.5) is 0 Å². The number of hydrogen-bond acceptors (Lipinski definition) is 4. The molecule has 0 aliphatic carbocycles. The topological polar surface area (TPSA) is 39.7 Å². The van der Waals surface area contributed by atoms with Crippen molar-refractivity contribution in [3.05, 3.63) is 144 Å². The van der Waals surface area contributed by atoms with Gasteiger partial charge in [0, 0.05) is 6.42 Å². The minimum Gasteiger partial charge on any atom is -0.288 e. The molecule has 0 aromatic heterocycles. The lowest BCUT2D eigenvalue weighted by Crippen LogP contribution is -2.52. The van der Waals surface area contributed by atoms with Crippen molar-refractivity contribution in [2.75, 3.05) is 0 Å². The summed E-state index contributed by atoms with van der Waals surface area (Å²) in [5.41, 5.74) is 10.6. The molecule has 0 bridgehead atoms. The number of hydrazine groups is 2. The van der Waals surface area contributed by atoms with Crippen LogP contribution in [0.25, 0.3) is 0 Å². The van der Waals surface area contributed by atoms with Crippen LogP contribution in [0.3, 0.4) is 0 Å². The smallest absolute Gasteiger partial charge is 0.152 e. The van der Waals surface area contributed by atoms with Gasteiger partial charge in [0.25, 0.3) is 0 Å². The Kier molecular flexibility index (Phi) is 5.21. The largest absolute Gasteiger partial charge is 0.288 e. The first-order chi connectivity index (χ1) is 15.4. The van der Waals surface area contributed by atoms with Crippen molar-refractivity contribution in [1.82, 2.24) is 16.1 Å². The van der Waals surface area contributed by atoms with Gasteiger partial charge in [-0.15, -0.1) is 10.6 Å². The fourth-order valence-electron chi connectivity index (χ4n) is 4.22. The summed E-state index contributed by atoms with van der Waals surface area (Å²) >= 11 is 0. The average molecular weight is 405 g/mol. The fourth-order valence-corrected chi connectivity index (χ4v) is 4.22. The highest BCUT2D eigenvalue weighted by molar-refractivity contribution is 5.84. The van der Waals surface area contributed by atoms with Gasteiger partial charge in [0.1, 0.15) is 5.84 Å². The second kappa shape index (κ2) is 8.46. The van der Waals surface area contributed by atoms with Crippen LogP contribution in [0.5, 0.6) is 0 Å². The zero-order chi connectivity index (χ0) is 20.9. The summed E-state index contributed by atoms with van der Waals surface area (Å²) in [7, 11) is 0. The van der Waals surface area contributed by atoms with E-state index in [1.165, 1.54) is 5.56 Å². The van der Waals surface area contributed by atoms with Crippen LogP contribution in [-0.4, -0.2) is 11.0 Å². The average Bonchev–Trinajstić information content (AvgIpc) is 3.31. The van der Waals surface area contributed by atoms with E-state index in [-0.39, 0.29) is 0 Å². The molecule has 152 valence electrons. The van der Waals surface area contributed by atoms with Gasteiger partial charge in [0.05, 0.1) is 0 Å². The molecule has 2 N–H and O–H groups in total. The van der Waals surface area contributed by atoms with Gasteiger partial charge in [-0.3, -0.25) is 5.43 Å². The summed E-state index contributed by atoms with van der Waals surface area (Å²) in [4.78, 5) is 0. The minimum atomic E-state index is -0.644. The highest BCUT2D eigenvalue weighted by Gasteiger charge is 2.44. The van der Waals surface area contributed by atoms with Gasteiger partial charge in [-0.25, -0.2) is 0 Å². The molecule has 1 heterocycles. The second-order valence-electron chi connectivity index (χ2n) is 7.57. The summed E-state index contributed by atoms with van der Waals surface area (Å²) in [6.07, 6.45) is 0.721. The Morgan fingerprint density at radius 3 is 1.45 bits per heavy atom. The Bertz CT molecular complexity index is 1050. The molecule has 0 unspecified atom stereocenters. The maximum Gasteiger partial charge on any atom is 0.152 e. The standard InChI is InChI=1S/C27H24N4/c1-5-13-22(14-6-1)21-26-28-30-31(29-26)27(23-15-7-2-8-16-23,24-17-9-3-10-18-24)25-19-11-4-12-20-25/h1-20,30H,21H2,(H,28,29). The summed E-state index contributed by atoms with van der Waals surface area (Å²) in [6.45, 7) is 0. The van der Waals surface area contributed by atoms with Crippen LogP contribution in [0.2, 0.25) is 0 Å². The first-order valence-electron chi connectivity index (χ1n) is 10.5. The monoisotopic (exact) mass is 404 g/mol. The first kappa shape index (κ1) is 19.1. The molecule has 4 heteroatoms. The Labute approximate surface area is 182 Å². The molecule has 0 amide bonds. The Morgan fingerprint density at radius 2 is 1.00 bits per heavy atom. The second-order valence-corrected chi connectivity index (χ2v) is 7.57. The van der Waals surface area contributed by atoms with Crippen LogP contribution >= 0.6 is 0 Å². The molecule has 4 nitrogen and oxygen atoms in total. The Morgan fingerprint density at radius 1 is 0.581 bits per heavy atom. The molecule has 0 fully saturated rings. The van der Waals surface area contributed by atoms with E-state index in [1.54, 1.807) is 0 Å². The molecule has 1 aliphatic rings. The molecule has 0 radical (unpaired) electrons. The third-order valence-electron chi connectivity index (χ3n) is 5.63. The number of hydrogen-bond donors (Lipinski definition) is 2. The third-order valence-corrected chi connectivity index (χ3v) is 5.63. The van der Waals surface area contributed by atoms with Crippen LogP contribution in [-0.2, 0) is 12.0 Å². The van der Waals surface area contributed by atoms with E-state index in [2.05, 4.69) is 108 Å². The van der Waals surface area contributed by atoms with Crippen molar-refractivity contribution in [3.8, 4) is 0 Å². The van der Waals surface area contributed by atoms with Gasteiger partial charge in [-0.05, 0) is 22.3 Å². The molecule has 0 atom stereocenters. The first-order valence-corrected chi connectivity index (χ1v) is 10.5. The van der Waals surface area contributed by atoms with Crippen molar-refractivity contribution in [1.29, 1.82) is 0 Å². The molecule has 4 aromatic rings. The van der Waals surface area contributed by atoms with Crippen LogP contribution < -0.4 is 11.0 Å². The predicted molar refractivity (Wildman–Crippen MR) is 125 cm³/mol. The number of rotatable bonds is 6. The van der Waals surface area contributed by atoms with Crippen molar-refractivity contribution < 1.29 is 0 Å². The molecule has 0 spiro atoms. The van der Waals surface area contributed by atoms with E-state index in [9.17, 15) is 0 Å². The van der Waals surface area contributed by atoms with E-state index >= 15 is 0 Å². The van der Waals surface area contributed by atoms with Crippen LogP contribution in [0, 0.1) is 0 Å². The summed E-state index contributed by atoms with van der Waals surface area (Å²) in [6, 6.07) is 41.9. The SMILES string of the molecule is c1ccc(CC2=NN(C(c3ccccc3)(c3ccccc3)c3ccccc3)NN2)cc1. The maximum atomic E-state index is 5.01. The van der Waals surface area contributed by atoms with E-state index in [1.807, 2.05) is 29.4 Å². The molecule has 4 aromatic carbocycles. The molecule has 5 rings (SSSR count). The lowest BCUT2D eigenvalue weighted by atomic mass is 9.77. The van der Waals surface area contributed by atoms with Gasteiger partial charge in [0.2, 0.25) is 0 Å². The van der Waals surface area contributed by atoms with E-state index < -0.39 is 5.54 Å². The molecule has 0 saturated heterocycles. The molecular formula is C27H24N4. The van der Waals surface area contributed by atoms with Crippen molar-refractivity contribution in [2.24, 2.45) is 5.10 Å². The Hall–Kier alpha value is -3.89. The highest BCUT2D eigenvalue weighted by Crippen LogP contribution is 2.42. The highest BCUT2D eigenvalue weighted by atomic mass is 15.9. The number of nitrogens with zero attached hydrogens (tertiary/aromatic N) is 2. The van der Waals surface area contributed by atoms with E-state index in [4.69, 9.17) is 5.10 Å². The van der Waals surface area contributed by atoms with Crippen molar-refractivity contribution in [3.63, 3.8) is 0 Å². The van der Waals surface area contributed by atoms with Gasteiger partial charge in [-0.1, -0.05) is 121 Å². The van der Waals surface area contributed by atoms with Gasteiger partial charge in [0.15, 0.2) is 5.54 Å². The summed E-state index contributed by atoms with van der Waals surface area (Å²) in [5.74, 6) is 0.873. The number of hydrazone groups is 1. The van der Waals surface area contributed by atoms with Crippen LogP contribution in [0.1, 0.15) is 22.3 Å². The van der Waals surface area contributed by atoms with Crippen molar-refractivity contribution in [2.45, 2.75) is 12.0 Å². The zero-order valence-corrected chi connectivity index (χ0v) is 17.1. The molecule has 1 aliphatic heterocycles. The molecular weight excluding hydrogens is 380 g/mol. The van der Waals surface area contributed by atoms with E-state index in [0.29, 0.717) is 0 Å². The quantitative estimate of drug-likeness (QED) is 0.451. The number of nitrogens with one attached hydrogen (secondary N) is 2. The number of benzene rings is 4. The lowest BCUT2D eigenvalue weighted by molar-refractivity contribution is 0.100. The summed E-state index contributed by atoms with van der Waals surface area (Å²) < 4.78 is 0. The third kappa shape index (κ3) is 3.58. The van der Waals surface area contributed by atoms with Gasteiger partial charge < -0.3 is 0 Å². The van der Waals surface area contributed by atoms with Gasteiger partial charge in [-0.2, -0.15) is 5.12 Å². The number of amidine groups is 1. The summed E-state index contributed by atoms with van der Waals surface area (Å²) in [5, 5.41) is 6.96. The van der Waals surface area contributed by atoms with Gasteiger partial charge >= 0.3 is 0 Å². The van der Waals surface area contributed by atoms with Crippen molar-refractivity contribution >= 4 is 5.84 Å². The van der Waals surface area contributed by atoms with Crippen LogP contribution in [0.15, 0.2) is 126 Å². The fraction of sp³-hybridized carbons (Fsp3) is 0.0741. The molecule has 0 saturated carbocycles. The normalized spacial score (nSPS) is 13.5. The molecule has 31 heavy (non-hydrogen) atoms. The Balaban J connectivity index is 1.67. The minimum absolute atomic E-state index is 0.644. The zero-order valence-electron chi connectivity index (χ0n) is 17.1. The predicted octanol–water partition coefficient (Wildman–Crippen LogP) is 4.86.